The number of carbonyl (C=O) groups is 1. The van der Waals surface area contributed by atoms with Gasteiger partial charge in [-0.25, -0.2) is 0 Å². The molecule has 0 bridgehead atoms. The third-order valence-electron chi connectivity index (χ3n) is 1.99. The number of furan rings is 1. The van der Waals surface area contributed by atoms with Crippen LogP contribution < -0.4 is 0 Å². The summed E-state index contributed by atoms with van der Waals surface area (Å²) in [6.45, 7) is 1.73. The lowest BCUT2D eigenvalue weighted by molar-refractivity contribution is 0.109. The first-order valence-electron chi connectivity index (χ1n) is 3.54. The average Bonchev–Trinajstić information content (AvgIpc) is 2.45. The smallest absolute Gasteiger partial charge is 0.185 e. The molecule has 1 aliphatic heterocycles. The Hall–Kier alpha value is -1.09. The van der Waals surface area contributed by atoms with Gasteiger partial charge in [0.25, 0.3) is 0 Å². The second-order valence-electron chi connectivity index (χ2n) is 2.89. The topological polar surface area (TPSA) is 33.5 Å². The van der Waals surface area contributed by atoms with Crippen LogP contribution in [-0.2, 0) is 13.1 Å². The maximum absolute atomic E-state index is 10.4. The first-order valence-corrected chi connectivity index (χ1v) is 3.54. The van der Waals surface area contributed by atoms with Gasteiger partial charge in [-0.3, -0.25) is 9.69 Å². The van der Waals surface area contributed by atoms with Crippen LogP contribution in [0.25, 0.3) is 0 Å². The van der Waals surface area contributed by atoms with Gasteiger partial charge in [-0.05, 0) is 7.05 Å². The van der Waals surface area contributed by atoms with Crippen molar-refractivity contribution in [3.63, 3.8) is 0 Å². The first-order chi connectivity index (χ1) is 5.31. The molecule has 0 radical (unpaired) electrons. The molecule has 0 amide bonds. The molecule has 1 aromatic heterocycles. The van der Waals surface area contributed by atoms with Crippen molar-refractivity contribution >= 4 is 6.29 Å². The summed E-state index contributed by atoms with van der Waals surface area (Å²) in [4.78, 5) is 12.6. The molecule has 1 aromatic rings. The fraction of sp³-hybridized carbons (Fsp3) is 0.375. The highest BCUT2D eigenvalue weighted by molar-refractivity contribution is 5.74. The van der Waals surface area contributed by atoms with Gasteiger partial charge in [-0.2, -0.15) is 0 Å². The van der Waals surface area contributed by atoms with Crippen LogP contribution >= 0.6 is 0 Å². The molecule has 2 rings (SSSR count). The van der Waals surface area contributed by atoms with E-state index in [-0.39, 0.29) is 0 Å². The van der Waals surface area contributed by atoms with Crippen molar-refractivity contribution in [2.45, 2.75) is 13.1 Å². The maximum Gasteiger partial charge on any atom is 0.185 e. The number of aldehydes is 1. The molecular weight excluding hydrogens is 142 g/mol. The highest BCUT2D eigenvalue weighted by Gasteiger charge is 2.21. The maximum atomic E-state index is 10.4. The second-order valence-corrected chi connectivity index (χ2v) is 2.89. The normalized spacial score (nSPS) is 16.8. The van der Waals surface area contributed by atoms with Crippen LogP contribution in [0.3, 0.4) is 0 Å². The van der Waals surface area contributed by atoms with E-state index in [1.54, 1.807) is 6.26 Å². The summed E-state index contributed by atoms with van der Waals surface area (Å²) in [5.74, 6) is 0.490. The molecule has 0 saturated carbocycles. The molecule has 0 aromatic carbocycles. The molecule has 0 spiro atoms. The molecule has 0 saturated heterocycles. The Labute approximate surface area is 64.6 Å². The fourth-order valence-corrected chi connectivity index (χ4v) is 1.46. The summed E-state index contributed by atoms with van der Waals surface area (Å²) in [6, 6.07) is 0. The number of fused-ring (bicyclic) bond motifs is 1. The summed E-state index contributed by atoms with van der Waals surface area (Å²) in [6.07, 6.45) is 2.44. The number of hydrogen-bond donors (Lipinski definition) is 0. The number of carbonyl (C=O) groups excluding carboxylic acids is 1. The molecule has 0 atom stereocenters. The van der Waals surface area contributed by atoms with Crippen LogP contribution in [0, 0.1) is 0 Å². The van der Waals surface area contributed by atoms with E-state index in [1.165, 1.54) is 0 Å². The summed E-state index contributed by atoms with van der Waals surface area (Å²) >= 11 is 0. The Balaban J connectivity index is 2.44. The highest BCUT2D eigenvalue weighted by Crippen LogP contribution is 2.25. The Morgan fingerprint density at radius 3 is 3.18 bits per heavy atom. The quantitative estimate of drug-likeness (QED) is 0.562. The fourth-order valence-electron chi connectivity index (χ4n) is 1.46. The van der Waals surface area contributed by atoms with E-state index < -0.39 is 0 Å². The lowest BCUT2D eigenvalue weighted by atomic mass is 10.2. The minimum absolute atomic E-state index is 0.490. The molecule has 0 unspecified atom stereocenters. The molecule has 0 fully saturated rings. The van der Waals surface area contributed by atoms with Crippen molar-refractivity contribution in [2.24, 2.45) is 0 Å². The Kier molecular flexibility index (Phi) is 1.32. The minimum atomic E-state index is 0.490. The zero-order chi connectivity index (χ0) is 7.84. The molecule has 3 nitrogen and oxygen atoms in total. The summed E-state index contributed by atoms with van der Waals surface area (Å²) in [7, 11) is 2.02. The van der Waals surface area contributed by atoms with Gasteiger partial charge in [-0.15, -0.1) is 0 Å². The third kappa shape index (κ3) is 0.886. The van der Waals surface area contributed by atoms with Crippen LogP contribution in [0.15, 0.2) is 10.7 Å². The lowest BCUT2D eigenvalue weighted by Gasteiger charge is -2.03. The van der Waals surface area contributed by atoms with Crippen LogP contribution in [0.2, 0.25) is 0 Å². The molecule has 2 heterocycles. The number of rotatable bonds is 1. The monoisotopic (exact) mass is 151 g/mol. The lowest BCUT2D eigenvalue weighted by Crippen LogP contribution is -2.08. The second kappa shape index (κ2) is 2.20. The van der Waals surface area contributed by atoms with E-state index in [0.717, 1.165) is 30.5 Å². The van der Waals surface area contributed by atoms with Crippen LogP contribution in [0.4, 0.5) is 0 Å². The molecule has 58 valence electrons. The largest absolute Gasteiger partial charge is 0.461 e. The molecular formula is C8H9NO2. The summed E-state index contributed by atoms with van der Waals surface area (Å²) in [5, 5.41) is 0. The van der Waals surface area contributed by atoms with Gasteiger partial charge in [0.2, 0.25) is 0 Å². The van der Waals surface area contributed by atoms with Gasteiger partial charge in [-0.1, -0.05) is 0 Å². The molecule has 0 N–H and O–H groups in total. The van der Waals surface area contributed by atoms with Gasteiger partial charge in [0, 0.05) is 24.2 Å². The van der Waals surface area contributed by atoms with Crippen LogP contribution in [0.1, 0.15) is 21.7 Å². The van der Waals surface area contributed by atoms with E-state index in [9.17, 15) is 4.79 Å². The summed E-state index contributed by atoms with van der Waals surface area (Å²) < 4.78 is 5.04. The molecule has 1 aliphatic rings. The molecule has 3 heteroatoms. The molecule has 0 aliphatic carbocycles. The SMILES string of the molecule is CN1Cc2coc(C=O)c2C1. The zero-order valence-corrected chi connectivity index (χ0v) is 6.33. The Bertz CT molecular complexity index is 290. The highest BCUT2D eigenvalue weighted by atomic mass is 16.3. The van der Waals surface area contributed by atoms with E-state index in [0.29, 0.717) is 5.76 Å². The predicted molar refractivity (Wildman–Crippen MR) is 39.3 cm³/mol. The number of hydrogen-bond acceptors (Lipinski definition) is 3. The van der Waals surface area contributed by atoms with Gasteiger partial charge >= 0.3 is 0 Å². The zero-order valence-electron chi connectivity index (χ0n) is 6.33. The Morgan fingerprint density at radius 2 is 2.45 bits per heavy atom. The molecule has 11 heavy (non-hydrogen) atoms. The van der Waals surface area contributed by atoms with E-state index in [2.05, 4.69) is 4.90 Å². The summed E-state index contributed by atoms with van der Waals surface area (Å²) in [5.41, 5.74) is 2.21. The third-order valence-corrected chi connectivity index (χ3v) is 1.99. The van der Waals surface area contributed by atoms with E-state index >= 15 is 0 Å². The number of nitrogens with zero attached hydrogens (tertiary/aromatic N) is 1. The Morgan fingerprint density at radius 1 is 1.64 bits per heavy atom. The van der Waals surface area contributed by atoms with Crippen molar-refractivity contribution in [2.75, 3.05) is 7.05 Å². The van der Waals surface area contributed by atoms with Crippen molar-refractivity contribution in [1.29, 1.82) is 0 Å². The van der Waals surface area contributed by atoms with Crippen molar-refractivity contribution in [3.05, 3.63) is 23.2 Å². The van der Waals surface area contributed by atoms with Gasteiger partial charge in [0.05, 0.1) is 6.26 Å². The van der Waals surface area contributed by atoms with E-state index in [1.807, 2.05) is 7.05 Å². The van der Waals surface area contributed by atoms with E-state index in [4.69, 9.17) is 4.42 Å². The van der Waals surface area contributed by atoms with Crippen molar-refractivity contribution in [1.82, 2.24) is 4.90 Å². The van der Waals surface area contributed by atoms with Crippen LogP contribution in [-0.4, -0.2) is 18.2 Å². The minimum Gasteiger partial charge on any atom is -0.461 e. The van der Waals surface area contributed by atoms with Crippen molar-refractivity contribution in [3.8, 4) is 0 Å². The van der Waals surface area contributed by atoms with Gasteiger partial charge < -0.3 is 4.42 Å². The van der Waals surface area contributed by atoms with Crippen molar-refractivity contribution < 1.29 is 9.21 Å². The standard InChI is InChI=1S/C8H9NO2/c1-9-2-6-5-11-8(4-10)7(6)3-9/h4-5H,2-3H2,1H3. The van der Waals surface area contributed by atoms with Crippen LogP contribution in [0.5, 0.6) is 0 Å². The average molecular weight is 151 g/mol. The predicted octanol–water partition coefficient (Wildman–Crippen LogP) is 1.04. The first kappa shape index (κ1) is 6.61. The van der Waals surface area contributed by atoms with Gasteiger partial charge in [0.1, 0.15) is 0 Å². The van der Waals surface area contributed by atoms with Gasteiger partial charge in [0.15, 0.2) is 12.0 Å².